The van der Waals surface area contributed by atoms with Gasteiger partial charge in [-0.1, -0.05) is 13.0 Å². The van der Waals surface area contributed by atoms with Crippen LogP contribution >= 0.6 is 0 Å². The van der Waals surface area contributed by atoms with E-state index in [0.717, 1.165) is 37.6 Å². The van der Waals surface area contributed by atoms with Crippen molar-refractivity contribution >= 4 is 17.3 Å². The van der Waals surface area contributed by atoms with E-state index >= 15 is 0 Å². The van der Waals surface area contributed by atoms with E-state index in [9.17, 15) is 9.90 Å². The second-order valence-corrected chi connectivity index (χ2v) is 4.88. The van der Waals surface area contributed by atoms with Crippen molar-refractivity contribution in [3.63, 3.8) is 0 Å². The Bertz CT molecular complexity index is 442. The Hall–Kier alpha value is -1.75. The van der Waals surface area contributed by atoms with Gasteiger partial charge >= 0.3 is 5.97 Å². The third-order valence-corrected chi connectivity index (χ3v) is 3.66. The van der Waals surface area contributed by atoms with E-state index in [1.165, 1.54) is 0 Å². The van der Waals surface area contributed by atoms with Crippen molar-refractivity contribution in [3.8, 4) is 0 Å². The smallest absolute Gasteiger partial charge is 0.320 e. The van der Waals surface area contributed by atoms with Crippen molar-refractivity contribution < 1.29 is 9.90 Å². The van der Waals surface area contributed by atoms with Crippen LogP contribution < -0.4 is 10.6 Å². The lowest BCUT2D eigenvalue weighted by molar-refractivity contribution is -0.143. The number of hydrogen-bond acceptors (Lipinski definition) is 4. The maximum Gasteiger partial charge on any atom is 0.320 e. The van der Waals surface area contributed by atoms with Crippen LogP contribution in [0.3, 0.4) is 0 Å². The summed E-state index contributed by atoms with van der Waals surface area (Å²) in [6.45, 7) is 5.16. The molecule has 0 spiro atoms. The van der Waals surface area contributed by atoms with Gasteiger partial charge in [0.25, 0.3) is 0 Å². The molecule has 1 atom stereocenters. The SMILES string of the molecule is CCC(C(=O)O)N1CCN(c2cccc(N)c2)CC1. The topological polar surface area (TPSA) is 69.8 Å². The summed E-state index contributed by atoms with van der Waals surface area (Å²) < 4.78 is 0. The predicted molar refractivity (Wildman–Crippen MR) is 76.4 cm³/mol. The van der Waals surface area contributed by atoms with Crippen LogP contribution in [0.15, 0.2) is 24.3 Å². The van der Waals surface area contributed by atoms with E-state index in [2.05, 4.69) is 4.90 Å². The number of carboxylic acids is 1. The number of rotatable bonds is 4. The maximum absolute atomic E-state index is 11.2. The molecule has 0 bridgehead atoms. The molecule has 1 fully saturated rings. The lowest BCUT2D eigenvalue weighted by Gasteiger charge is -2.38. The maximum atomic E-state index is 11.2. The fourth-order valence-electron chi connectivity index (χ4n) is 2.60. The number of piperazine rings is 1. The number of anilines is 2. The van der Waals surface area contributed by atoms with Gasteiger partial charge < -0.3 is 15.7 Å². The fraction of sp³-hybridized carbons (Fsp3) is 0.500. The van der Waals surface area contributed by atoms with Crippen molar-refractivity contribution in [2.45, 2.75) is 19.4 Å². The summed E-state index contributed by atoms with van der Waals surface area (Å²) in [7, 11) is 0. The quantitative estimate of drug-likeness (QED) is 0.800. The molecule has 1 aliphatic heterocycles. The molecule has 104 valence electrons. The third-order valence-electron chi connectivity index (χ3n) is 3.66. The standard InChI is InChI=1S/C14H21N3O2/c1-2-13(14(18)19)17-8-6-16(7-9-17)12-5-3-4-11(15)10-12/h3-5,10,13H,2,6-9,15H2,1H3,(H,18,19). The van der Waals surface area contributed by atoms with Crippen LogP contribution in [0.25, 0.3) is 0 Å². The Morgan fingerprint density at radius 1 is 1.37 bits per heavy atom. The van der Waals surface area contributed by atoms with Gasteiger partial charge in [-0.05, 0) is 24.6 Å². The Morgan fingerprint density at radius 2 is 2.05 bits per heavy atom. The highest BCUT2D eigenvalue weighted by Crippen LogP contribution is 2.20. The van der Waals surface area contributed by atoms with Crippen LogP contribution in [0, 0.1) is 0 Å². The first-order chi connectivity index (χ1) is 9.11. The van der Waals surface area contributed by atoms with Crippen LogP contribution in [0.1, 0.15) is 13.3 Å². The van der Waals surface area contributed by atoms with Gasteiger partial charge in [-0.2, -0.15) is 0 Å². The van der Waals surface area contributed by atoms with Crippen LogP contribution in [0.2, 0.25) is 0 Å². The number of aliphatic carboxylic acids is 1. The van der Waals surface area contributed by atoms with Gasteiger partial charge in [-0.3, -0.25) is 9.69 Å². The van der Waals surface area contributed by atoms with E-state index in [4.69, 9.17) is 5.73 Å². The zero-order chi connectivity index (χ0) is 13.8. The summed E-state index contributed by atoms with van der Waals surface area (Å²) in [5.74, 6) is -0.722. The number of nitrogens with zero attached hydrogens (tertiary/aromatic N) is 2. The average Bonchev–Trinajstić information content (AvgIpc) is 2.40. The zero-order valence-electron chi connectivity index (χ0n) is 11.2. The van der Waals surface area contributed by atoms with E-state index < -0.39 is 5.97 Å². The van der Waals surface area contributed by atoms with Crippen molar-refractivity contribution in [3.05, 3.63) is 24.3 Å². The molecular weight excluding hydrogens is 242 g/mol. The summed E-state index contributed by atoms with van der Waals surface area (Å²) in [6.07, 6.45) is 0.646. The number of hydrogen-bond donors (Lipinski definition) is 2. The molecule has 5 heteroatoms. The van der Waals surface area contributed by atoms with Crippen molar-refractivity contribution in [2.24, 2.45) is 0 Å². The molecule has 0 aliphatic carbocycles. The third kappa shape index (κ3) is 3.17. The second-order valence-electron chi connectivity index (χ2n) is 4.88. The molecule has 1 unspecified atom stereocenters. The van der Waals surface area contributed by atoms with Gasteiger partial charge in [0.05, 0.1) is 0 Å². The minimum Gasteiger partial charge on any atom is -0.480 e. The molecule has 1 heterocycles. The second kappa shape index (κ2) is 5.93. The fourth-order valence-corrected chi connectivity index (χ4v) is 2.60. The van der Waals surface area contributed by atoms with Crippen LogP contribution in [0.4, 0.5) is 11.4 Å². The first-order valence-electron chi connectivity index (χ1n) is 6.69. The van der Waals surface area contributed by atoms with Crippen molar-refractivity contribution in [1.82, 2.24) is 4.90 Å². The molecular formula is C14H21N3O2. The monoisotopic (exact) mass is 263 g/mol. The zero-order valence-corrected chi connectivity index (χ0v) is 11.2. The lowest BCUT2D eigenvalue weighted by Crippen LogP contribution is -2.52. The minimum absolute atomic E-state index is 0.358. The van der Waals surface area contributed by atoms with Gasteiger partial charge in [-0.15, -0.1) is 0 Å². The first-order valence-corrected chi connectivity index (χ1v) is 6.69. The van der Waals surface area contributed by atoms with Gasteiger partial charge in [0, 0.05) is 37.6 Å². The molecule has 0 aromatic heterocycles. The largest absolute Gasteiger partial charge is 0.480 e. The van der Waals surface area contributed by atoms with Gasteiger partial charge in [-0.25, -0.2) is 0 Å². The highest BCUT2D eigenvalue weighted by Gasteiger charge is 2.27. The van der Waals surface area contributed by atoms with Gasteiger partial charge in [0.2, 0.25) is 0 Å². The molecule has 0 amide bonds. The Morgan fingerprint density at radius 3 is 2.58 bits per heavy atom. The van der Waals surface area contributed by atoms with E-state index in [-0.39, 0.29) is 6.04 Å². The van der Waals surface area contributed by atoms with Crippen molar-refractivity contribution in [1.29, 1.82) is 0 Å². The first kappa shape index (κ1) is 13.7. The molecule has 1 saturated heterocycles. The Kier molecular flexibility index (Phi) is 4.27. The molecule has 1 aliphatic rings. The van der Waals surface area contributed by atoms with E-state index in [0.29, 0.717) is 6.42 Å². The highest BCUT2D eigenvalue weighted by molar-refractivity contribution is 5.73. The highest BCUT2D eigenvalue weighted by atomic mass is 16.4. The van der Waals surface area contributed by atoms with Crippen LogP contribution in [-0.4, -0.2) is 48.2 Å². The van der Waals surface area contributed by atoms with Gasteiger partial charge in [0.1, 0.15) is 6.04 Å². The Balaban J connectivity index is 1.97. The minimum atomic E-state index is -0.722. The molecule has 0 radical (unpaired) electrons. The predicted octanol–water partition coefficient (Wildman–Crippen LogP) is 1.25. The average molecular weight is 263 g/mol. The summed E-state index contributed by atoms with van der Waals surface area (Å²) in [6, 6.07) is 7.47. The summed E-state index contributed by atoms with van der Waals surface area (Å²) >= 11 is 0. The molecule has 3 N–H and O–H groups in total. The number of carboxylic acid groups (broad SMARTS) is 1. The normalized spacial score (nSPS) is 18.3. The summed E-state index contributed by atoms with van der Waals surface area (Å²) in [5.41, 5.74) is 7.66. The van der Waals surface area contributed by atoms with Crippen LogP contribution in [-0.2, 0) is 4.79 Å². The lowest BCUT2D eigenvalue weighted by atomic mass is 10.1. The molecule has 1 aromatic rings. The number of nitrogen functional groups attached to an aromatic ring is 1. The summed E-state index contributed by atoms with van der Waals surface area (Å²) in [4.78, 5) is 15.5. The van der Waals surface area contributed by atoms with Crippen molar-refractivity contribution in [2.75, 3.05) is 36.8 Å². The molecule has 19 heavy (non-hydrogen) atoms. The van der Waals surface area contributed by atoms with Gasteiger partial charge in [0.15, 0.2) is 0 Å². The van der Waals surface area contributed by atoms with E-state index in [1.807, 2.05) is 36.1 Å². The molecule has 5 nitrogen and oxygen atoms in total. The number of carbonyl (C=O) groups is 1. The number of benzene rings is 1. The van der Waals surface area contributed by atoms with Crippen LogP contribution in [0.5, 0.6) is 0 Å². The summed E-state index contributed by atoms with van der Waals surface area (Å²) in [5, 5.41) is 9.17. The number of nitrogens with two attached hydrogens (primary N) is 1. The molecule has 1 aromatic carbocycles. The molecule has 2 rings (SSSR count). The Labute approximate surface area is 113 Å². The molecule has 0 saturated carbocycles. The van der Waals surface area contributed by atoms with E-state index in [1.54, 1.807) is 0 Å².